The lowest BCUT2D eigenvalue weighted by Gasteiger charge is -2.35. The summed E-state index contributed by atoms with van der Waals surface area (Å²) >= 11 is 0. The zero-order valence-corrected chi connectivity index (χ0v) is 16.2. The number of piperazine rings is 1. The van der Waals surface area contributed by atoms with Gasteiger partial charge < -0.3 is 15.4 Å². The summed E-state index contributed by atoms with van der Waals surface area (Å²) in [5.41, 5.74) is 0.626. The Balaban J connectivity index is 2.51. The molecular formula is C16H23N5O5S. The SMILES string of the molecule is CNC(=O)N(C)C(=O)C(c1ccc(OC)c(N=S(=O)=O)c1)N1CCNCC1. The molecule has 1 unspecified atom stereocenters. The smallest absolute Gasteiger partial charge is 0.323 e. The quantitative estimate of drug-likeness (QED) is 0.725. The van der Waals surface area contributed by atoms with Gasteiger partial charge in [-0.2, -0.15) is 8.42 Å². The fraction of sp³-hybridized carbons (Fsp3) is 0.500. The standard InChI is InChI=1S/C16H23N5O5S/c1-17-16(23)20(2)15(22)14(21-8-6-18-7-9-21)11-4-5-13(26-3)12(10-11)19-27(24)25/h4-5,10,14,18H,6-9H2,1-3H3,(H,17,23). The monoisotopic (exact) mass is 397 g/mol. The first-order chi connectivity index (χ1) is 12.9. The number of likely N-dealkylation sites (N-methyl/N-ethyl adjacent to an activating group) is 1. The van der Waals surface area contributed by atoms with Crippen LogP contribution in [0.4, 0.5) is 10.5 Å². The molecule has 0 spiro atoms. The Morgan fingerprint density at radius 1 is 1.33 bits per heavy atom. The number of hydrogen-bond donors (Lipinski definition) is 2. The van der Waals surface area contributed by atoms with E-state index in [1.54, 1.807) is 12.1 Å². The average Bonchev–Trinajstić information content (AvgIpc) is 2.67. The first-order valence-electron chi connectivity index (χ1n) is 8.32. The molecule has 10 nitrogen and oxygen atoms in total. The van der Waals surface area contributed by atoms with E-state index in [2.05, 4.69) is 15.0 Å². The lowest BCUT2D eigenvalue weighted by atomic mass is 10.0. The molecule has 1 atom stereocenters. The van der Waals surface area contributed by atoms with Gasteiger partial charge in [-0.15, -0.1) is 4.36 Å². The number of ether oxygens (including phenoxy) is 1. The van der Waals surface area contributed by atoms with Crippen LogP contribution in [0.15, 0.2) is 22.6 Å². The first-order valence-corrected chi connectivity index (χ1v) is 9.35. The number of nitrogens with zero attached hydrogens (tertiary/aromatic N) is 3. The minimum absolute atomic E-state index is 0.0962. The molecule has 0 aromatic heterocycles. The number of amides is 3. The highest BCUT2D eigenvalue weighted by molar-refractivity contribution is 7.61. The maximum atomic E-state index is 13.1. The van der Waals surface area contributed by atoms with E-state index in [0.717, 1.165) is 4.90 Å². The molecule has 1 saturated heterocycles. The number of carbonyl (C=O) groups is 2. The molecule has 1 aliphatic heterocycles. The number of carbonyl (C=O) groups excluding carboxylic acids is 2. The van der Waals surface area contributed by atoms with Crippen molar-refractivity contribution in [3.05, 3.63) is 23.8 Å². The molecule has 1 heterocycles. The molecule has 1 fully saturated rings. The van der Waals surface area contributed by atoms with Crippen LogP contribution in [-0.4, -0.2) is 77.5 Å². The Hall–Kier alpha value is -2.50. The van der Waals surface area contributed by atoms with Crippen LogP contribution in [0.1, 0.15) is 11.6 Å². The van der Waals surface area contributed by atoms with Gasteiger partial charge in [-0.05, 0) is 17.7 Å². The zero-order valence-electron chi connectivity index (χ0n) is 15.4. The lowest BCUT2D eigenvalue weighted by molar-refractivity contribution is -0.133. The second-order valence-corrected chi connectivity index (χ2v) is 6.50. The molecule has 1 aromatic carbocycles. The molecule has 11 heteroatoms. The van der Waals surface area contributed by atoms with E-state index in [1.807, 2.05) is 4.90 Å². The van der Waals surface area contributed by atoms with E-state index < -0.39 is 28.5 Å². The van der Waals surface area contributed by atoms with E-state index in [-0.39, 0.29) is 11.4 Å². The number of nitrogens with one attached hydrogen (secondary N) is 2. The fourth-order valence-corrected chi connectivity index (χ4v) is 3.23. The summed E-state index contributed by atoms with van der Waals surface area (Å²) in [5.74, 6) is -0.148. The van der Waals surface area contributed by atoms with Crippen molar-refractivity contribution in [3.8, 4) is 5.75 Å². The molecule has 148 valence electrons. The van der Waals surface area contributed by atoms with Crippen molar-refractivity contribution < 1.29 is 22.7 Å². The maximum Gasteiger partial charge on any atom is 0.323 e. The Morgan fingerprint density at radius 3 is 2.56 bits per heavy atom. The molecule has 2 rings (SSSR count). The second kappa shape index (κ2) is 9.44. The van der Waals surface area contributed by atoms with Gasteiger partial charge in [-0.3, -0.25) is 14.6 Å². The van der Waals surface area contributed by atoms with Crippen LogP contribution in [0.2, 0.25) is 0 Å². The summed E-state index contributed by atoms with van der Waals surface area (Å²) in [6, 6.07) is 3.45. The summed E-state index contributed by atoms with van der Waals surface area (Å²) in [5, 5.41) is 5.64. The number of benzene rings is 1. The summed E-state index contributed by atoms with van der Waals surface area (Å²) in [7, 11) is 1.58. The van der Waals surface area contributed by atoms with Gasteiger partial charge in [0.1, 0.15) is 17.5 Å². The number of methoxy groups -OCH3 is 1. The predicted octanol–water partition coefficient (Wildman–Crippen LogP) is 0.134. The van der Waals surface area contributed by atoms with E-state index in [1.165, 1.54) is 27.3 Å². The molecule has 1 aliphatic rings. The molecule has 2 N–H and O–H groups in total. The largest absolute Gasteiger partial charge is 0.494 e. The molecule has 0 saturated carbocycles. The van der Waals surface area contributed by atoms with Crippen molar-refractivity contribution in [2.45, 2.75) is 6.04 Å². The molecular weight excluding hydrogens is 374 g/mol. The van der Waals surface area contributed by atoms with Gasteiger partial charge in [-0.1, -0.05) is 6.07 Å². The third-order valence-electron chi connectivity index (χ3n) is 4.29. The van der Waals surface area contributed by atoms with Crippen molar-refractivity contribution >= 4 is 28.1 Å². The van der Waals surface area contributed by atoms with Crippen molar-refractivity contribution in [2.75, 3.05) is 47.4 Å². The summed E-state index contributed by atoms with van der Waals surface area (Å²) < 4.78 is 30.7. The van der Waals surface area contributed by atoms with Gasteiger partial charge in [0.05, 0.1) is 7.11 Å². The Bertz CT molecular complexity index is 828. The predicted molar refractivity (Wildman–Crippen MR) is 98.4 cm³/mol. The fourth-order valence-electron chi connectivity index (χ4n) is 2.93. The third kappa shape index (κ3) is 5.02. The molecule has 1 aromatic rings. The molecule has 0 radical (unpaired) electrons. The van der Waals surface area contributed by atoms with Gasteiger partial charge >= 0.3 is 16.5 Å². The normalized spacial score (nSPS) is 15.5. The highest BCUT2D eigenvalue weighted by Gasteiger charge is 2.33. The van der Waals surface area contributed by atoms with Crippen LogP contribution in [0, 0.1) is 0 Å². The highest BCUT2D eigenvalue weighted by Crippen LogP contribution is 2.33. The topological polar surface area (TPSA) is 120 Å². The van der Waals surface area contributed by atoms with Crippen molar-refractivity contribution in [1.82, 2.24) is 20.4 Å². The summed E-state index contributed by atoms with van der Waals surface area (Å²) in [4.78, 5) is 27.9. The van der Waals surface area contributed by atoms with Crippen LogP contribution in [0.3, 0.4) is 0 Å². The minimum Gasteiger partial charge on any atom is -0.494 e. The van der Waals surface area contributed by atoms with Gasteiger partial charge in [0.15, 0.2) is 0 Å². The average molecular weight is 397 g/mol. The van der Waals surface area contributed by atoms with Gasteiger partial charge in [0.25, 0.3) is 5.91 Å². The number of urea groups is 1. The molecule has 3 amide bonds. The van der Waals surface area contributed by atoms with Gasteiger partial charge in [-0.25, -0.2) is 4.79 Å². The van der Waals surface area contributed by atoms with Gasteiger partial charge in [0.2, 0.25) is 0 Å². The molecule has 27 heavy (non-hydrogen) atoms. The van der Waals surface area contributed by atoms with Crippen LogP contribution in [0.25, 0.3) is 0 Å². The van der Waals surface area contributed by atoms with E-state index in [4.69, 9.17) is 4.74 Å². The summed E-state index contributed by atoms with van der Waals surface area (Å²) in [6.07, 6.45) is 0. The summed E-state index contributed by atoms with van der Waals surface area (Å²) in [6.45, 7) is 2.60. The number of rotatable bonds is 5. The van der Waals surface area contributed by atoms with Crippen LogP contribution in [-0.2, 0) is 15.3 Å². The highest BCUT2D eigenvalue weighted by atomic mass is 32.2. The Morgan fingerprint density at radius 2 is 2.00 bits per heavy atom. The number of hydrogen-bond acceptors (Lipinski definition) is 8. The van der Waals surface area contributed by atoms with E-state index in [0.29, 0.717) is 31.7 Å². The number of imide groups is 1. The lowest BCUT2D eigenvalue weighted by Crippen LogP contribution is -2.51. The van der Waals surface area contributed by atoms with Crippen LogP contribution < -0.4 is 15.4 Å². The van der Waals surface area contributed by atoms with Crippen LogP contribution >= 0.6 is 0 Å². The Labute approximate surface area is 159 Å². The van der Waals surface area contributed by atoms with Crippen LogP contribution in [0.5, 0.6) is 5.75 Å². The molecule has 0 bridgehead atoms. The van der Waals surface area contributed by atoms with Gasteiger partial charge in [0, 0.05) is 40.3 Å². The first kappa shape index (κ1) is 20.8. The Kier molecular flexibility index (Phi) is 7.28. The maximum absolute atomic E-state index is 13.1. The third-order valence-corrected chi connectivity index (χ3v) is 4.64. The van der Waals surface area contributed by atoms with Crippen molar-refractivity contribution in [3.63, 3.8) is 0 Å². The van der Waals surface area contributed by atoms with Crippen molar-refractivity contribution in [2.24, 2.45) is 4.36 Å². The van der Waals surface area contributed by atoms with E-state index in [9.17, 15) is 18.0 Å². The minimum atomic E-state index is -2.67. The molecule has 0 aliphatic carbocycles. The zero-order chi connectivity index (χ0) is 20.0. The van der Waals surface area contributed by atoms with E-state index >= 15 is 0 Å². The second-order valence-electron chi connectivity index (χ2n) is 5.88. The van der Waals surface area contributed by atoms with Crippen molar-refractivity contribution in [1.29, 1.82) is 0 Å².